The van der Waals surface area contributed by atoms with Crippen molar-refractivity contribution < 1.29 is 9.59 Å². The maximum Gasteiger partial charge on any atom is 0.227 e. The summed E-state index contributed by atoms with van der Waals surface area (Å²) in [6, 6.07) is 7.06. The lowest BCUT2D eigenvalue weighted by Gasteiger charge is -2.16. The second-order valence-electron chi connectivity index (χ2n) is 8.73. The summed E-state index contributed by atoms with van der Waals surface area (Å²) in [7, 11) is 0. The molecule has 1 aliphatic rings. The predicted molar refractivity (Wildman–Crippen MR) is 140 cm³/mol. The normalized spacial score (nSPS) is 15.9. The number of hydrogen-bond acceptors (Lipinski definition) is 7. The number of amides is 2. The molecule has 0 aliphatic carbocycles. The highest BCUT2D eigenvalue weighted by Crippen LogP contribution is 2.28. The minimum absolute atomic E-state index is 0.0652. The molecule has 0 spiro atoms. The first kappa shape index (κ1) is 25.2. The van der Waals surface area contributed by atoms with Gasteiger partial charge in [0.25, 0.3) is 0 Å². The van der Waals surface area contributed by atoms with Gasteiger partial charge < -0.3 is 15.5 Å². The summed E-state index contributed by atoms with van der Waals surface area (Å²) in [4.78, 5) is 36.3. The molecule has 35 heavy (non-hydrogen) atoms. The minimum Gasteiger partial charge on any atom is -0.369 e. The number of rotatable bonds is 10. The number of benzene rings is 1. The molecule has 11 heteroatoms. The molecule has 1 unspecified atom stereocenters. The maximum absolute atomic E-state index is 12.8. The van der Waals surface area contributed by atoms with E-state index in [1.165, 1.54) is 0 Å². The Morgan fingerprint density at radius 3 is 2.71 bits per heavy atom. The number of anilines is 2. The fourth-order valence-corrected chi connectivity index (χ4v) is 4.75. The first-order chi connectivity index (χ1) is 16.9. The summed E-state index contributed by atoms with van der Waals surface area (Å²) in [5.74, 6) is 0.183. The highest BCUT2D eigenvalue weighted by Gasteiger charge is 2.35. The average molecular weight is 516 g/mol. The van der Waals surface area contributed by atoms with E-state index in [0.717, 1.165) is 35.5 Å². The summed E-state index contributed by atoms with van der Waals surface area (Å²) < 4.78 is 1.79. The molecule has 3 heterocycles. The lowest BCUT2D eigenvalue weighted by atomic mass is 10.1. The number of aromatic nitrogens is 4. The Hall–Kier alpha value is -2.85. The Morgan fingerprint density at radius 1 is 1.23 bits per heavy atom. The van der Waals surface area contributed by atoms with Crippen LogP contribution in [0, 0.1) is 5.92 Å². The smallest absolute Gasteiger partial charge is 0.227 e. The Labute approximate surface area is 214 Å². The van der Waals surface area contributed by atoms with E-state index in [1.54, 1.807) is 51.8 Å². The molecule has 3 aromatic rings. The van der Waals surface area contributed by atoms with E-state index < -0.39 is 5.92 Å². The first-order valence-corrected chi connectivity index (χ1v) is 13.1. The van der Waals surface area contributed by atoms with Gasteiger partial charge in [-0.15, -0.1) is 0 Å². The van der Waals surface area contributed by atoms with E-state index in [4.69, 9.17) is 16.6 Å². The van der Waals surface area contributed by atoms with Crippen LogP contribution >= 0.6 is 23.4 Å². The third-order valence-electron chi connectivity index (χ3n) is 5.62. The molecule has 2 aromatic heterocycles. The Morgan fingerprint density at radius 2 is 2.00 bits per heavy atom. The van der Waals surface area contributed by atoms with E-state index in [0.29, 0.717) is 35.1 Å². The SMILES string of the molecule is CCCNc1nc(SC(C)C)nc2c1cnn2CCNC(=O)C1CC(=O)N(c2ccc(Cl)cc2)C1. The second kappa shape index (κ2) is 11.3. The van der Waals surface area contributed by atoms with E-state index in [2.05, 4.69) is 41.5 Å². The van der Waals surface area contributed by atoms with E-state index in [9.17, 15) is 9.59 Å². The molecular weight excluding hydrogens is 486 g/mol. The van der Waals surface area contributed by atoms with Crippen LogP contribution in [0.15, 0.2) is 35.6 Å². The van der Waals surface area contributed by atoms with Gasteiger partial charge in [0.15, 0.2) is 10.8 Å². The van der Waals surface area contributed by atoms with Crippen LogP contribution in [0.25, 0.3) is 11.0 Å². The number of thioether (sulfide) groups is 1. The lowest BCUT2D eigenvalue weighted by molar-refractivity contribution is -0.126. The zero-order valence-corrected chi connectivity index (χ0v) is 21.7. The molecule has 0 bridgehead atoms. The molecule has 1 aromatic carbocycles. The molecule has 186 valence electrons. The van der Waals surface area contributed by atoms with Gasteiger partial charge in [0.1, 0.15) is 5.82 Å². The number of nitrogens with zero attached hydrogens (tertiary/aromatic N) is 5. The van der Waals surface area contributed by atoms with Crippen LogP contribution in [0.1, 0.15) is 33.6 Å². The third-order valence-corrected chi connectivity index (χ3v) is 6.73. The van der Waals surface area contributed by atoms with Crippen molar-refractivity contribution >= 4 is 57.7 Å². The number of halogens is 1. The van der Waals surface area contributed by atoms with Crippen molar-refractivity contribution in [2.24, 2.45) is 5.92 Å². The van der Waals surface area contributed by atoms with Gasteiger partial charge in [-0.1, -0.05) is 44.1 Å². The van der Waals surface area contributed by atoms with Crippen molar-refractivity contribution in [3.63, 3.8) is 0 Å². The van der Waals surface area contributed by atoms with Crippen molar-refractivity contribution in [3.05, 3.63) is 35.5 Å². The molecule has 4 rings (SSSR count). The van der Waals surface area contributed by atoms with Crippen molar-refractivity contribution in [3.8, 4) is 0 Å². The van der Waals surface area contributed by atoms with Gasteiger partial charge in [0.05, 0.1) is 24.0 Å². The monoisotopic (exact) mass is 515 g/mol. The van der Waals surface area contributed by atoms with Crippen LogP contribution in [0.4, 0.5) is 11.5 Å². The van der Waals surface area contributed by atoms with E-state index in [1.807, 2.05) is 0 Å². The summed E-state index contributed by atoms with van der Waals surface area (Å²) >= 11 is 7.54. The van der Waals surface area contributed by atoms with E-state index >= 15 is 0 Å². The Bertz CT molecular complexity index is 1200. The number of hydrogen-bond donors (Lipinski definition) is 2. The molecule has 9 nitrogen and oxygen atoms in total. The molecule has 2 N–H and O–H groups in total. The van der Waals surface area contributed by atoms with E-state index in [-0.39, 0.29) is 18.2 Å². The molecule has 1 aliphatic heterocycles. The topological polar surface area (TPSA) is 105 Å². The predicted octanol–water partition coefficient (Wildman–Crippen LogP) is 3.97. The van der Waals surface area contributed by atoms with Crippen LogP contribution in [-0.2, 0) is 16.1 Å². The Kier molecular flexibility index (Phi) is 8.12. The number of nitrogens with one attached hydrogen (secondary N) is 2. The van der Waals surface area contributed by atoms with Crippen molar-refractivity contribution in [2.75, 3.05) is 29.9 Å². The third kappa shape index (κ3) is 6.05. The standard InChI is InChI=1S/C24H30ClN7O2S/c1-4-9-26-21-19-13-28-32(22(19)30-24(29-21)35-15(2)3)11-10-27-23(34)16-12-20(33)31(14-16)18-7-5-17(25)6-8-18/h5-8,13,15-16H,4,9-12,14H2,1-3H3,(H,27,34)(H,26,29,30). The first-order valence-electron chi connectivity index (χ1n) is 11.8. The Balaban J connectivity index is 1.40. The van der Waals surface area contributed by atoms with Gasteiger partial charge in [-0.2, -0.15) is 5.10 Å². The number of fused-ring (bicyclic) bond motifs is 1. The fourth-order valence-electron chi connectivity index (χ4n) is 3.92. The molecule has 0 radical (unpaired) electrons. The highest BCUT2D eigenvalue weighted by molar-refractivity contribution is 7.99. The summed E-state index contributed by atoms with van der Waals surface area (Å²) in [5.41, 5.74) is 1.49. The molecular formula is C24H30ClN7O2S. The summed E-state index contributed by atoms with van der Waals surface area (Å²) in [5, 5.41) is 13.3. The lowest BCUT2D eigenvalue weighted by Crippen LogP contribution is -2.35. The molecule has 1 atom stereocenters. The van der Waals surface area contributed by atoms with Crippen molar-refractivity contribution in [1.82, 2.24) is 25.1 Å². The quantitative estimate of drug-likeness (QED) is 0.311. The van der Waals surface area contributed by atoms with Gasteiger partial charge in [-0.05, 0) is 30.7 Å². The molecule has 1 fully saturated rings. The molecule has 2 amide bonds. The van der Waals surface area contributed by atoms with Gasteiger partial charge >= 0.3 is 0 Å². The zero-order chi connectivity index (χ0) is 24.9. The fraction of sp³-hybridized carbons (Fsp3) is 0.458. The number of carbonyl (C=O) groups excluding carboxylic acids is 2. The summed E-state index contributed by atoms with van der Waals surface area (Å²) in [6.45, 7) is 8.33. The maximum atomic E-state index is 12.8. The van der Waals surface area contributed by atoms with Gasteiger partial charge in [-0.3, -0.25) is 9.59 Å². The van der Waals surface area contributed by atoms with Gasteiger partial charge in [-0.25, -0.2) is 14.6 Å². The largest absolute Gasteiger partial charge is 0.369 e. The van der Waals surface area contributed by atoms with Crippen molar-refractivity contribution in [2.45, 2.75) is 50.6 Å². The van der Waals surface area contributed by atoms with Crippen LogP contribution in [0.3, 0.4) is 0 Å². The minimum atomic E-state index is -0.395. The number of carbonyl (C=O) groups is 2. The van der Waals surface area contributed by atoms with Crippen molar-refractivity contribution in [1.29, 1.82) is 0 Å². The van der Waals surface area contributed by atoms with Crippen LogP contribution in [0.2, 0.25) is 5.02 Å². The van der Waals surface area contributed by atoms with Crippen LogP contribution in [0.5, 0.6) is 0 Å². The van der Waals surface area contributed by atoms with Crippen LogP contribution in [-0.4, -0.2) is 56.4 Å². The highest BCUT2D eigenvalue weighted by atomic mass is 35.5. The molecule has 1 saturated heterocycles. The van der Waals surface area contributed by atoms with Crippen LogP contribution < -0.4 is 15.5 Å². The second-order valence-corrected chi connectivity index (χ2v) is 10.7. The molecule has 0 saturated carbocycles. The zero-order valence-electron chi connectivity index (χ0n) is 20.1. The summed E-state index contributed by atoms with van der Waals surface area (Å²) in [6.07, 6.45) is 2.94. The average Bonchev–Trinajstić information content (AvgIpc) is 3.41. The van der Waals surface area contributed by atoms with Gasteiger partial charge in [0, 0.05) is 42.0 Å². The van der Waals surface area contributed by atoms with Gasteiger partial charge in [0.2, 0.25) is 11.8 Å².